The number of hydrogen-bond acceptors (Lipinski definition) is 3. The van der Waals surface area contributed by atoms with Crippen molar-refractivity contribution in [3.05, 3.63) is 53.6 Å². The van der Waals surface area contributed by atoms with Crippen molar-refractivity contribution in [3.63, 3.8) is 0 Å². The van der Waals surface area contributed by atoms with Gasteiger partial charge in [-0.15, -0.1) is 0 Å². The smallest absolute Gasteiger partial charge is 0.246 e. The highest BCUT2D eigenvalue weighted by molar-refractivity contribution is 5.91. The van der Waals surface area contributed by atoms with Crippen LogP contribution in [0, 0.1) is 0 Å². The molecular formula is C19H23N3O. The maximum Gasteiger partial charge on any atom is 0.246 e. The summed E-state index contributed by atoms with van der Waals surface area (Å²) in [7, 11) is 0. The standard InChI is InChI=1S/C19H23N3O/c23-19(7-6-17-4-2-1-3-5-17)22-14-12-21(13-15-22)16-18-8-10-20-11-9-18/h1-8,10H,9,11-16H2/b7-6+. The second-order valence-electron chi connectivity index (χ2n) is 5.98. The van der Waals surface area contributed by atoms with Gasteiger partial charge in [-0.25, -0.2) is 0 Å². The molecule has 1 amide bonds. The van der Waals surface area contributed by atoms with Crippen molar-refractivity contribution in [2.45, 2.75) is 6.42 Å². The molecule has 3 rings (SSSR count). The Morgan fingerprint density at radius 3 is 2.61 bits per heavy atom. The quantitative estimate of drug-likeness (QED) is 0.800. The molecule has 4 nitrogen and oxygen atoms in total. The van der Waals surface area contributed by atoms with Crippen LogP contribution in [0.4, 0.5) is 0 Å². The highest BCUT2D eigenvalue weighted by atomic mass is 16.2. The molecule has 0 atom stereocenters. The maximum atomic E-state index is 12.3. The lowest BCUT2D eigenvalue weighted by atomic mass is 10.1. The molecular weight excluding hydrogens is 286 g/mol. The van der Waals surface area contributed by atoms with E-state index in [1.807, 2.05) is 47.5 Å². The monoisotopic (exact) mass is 309 g/mol. The van der Waals surface area contributed by atoms with Gasteiger partial charge in [0.25, 0.3) is 0 Å². The van der Waals surface area contributed by atoms with Crippen molar-refractivity contribution in [1.82, 2.24) is 9.80 Å². The van der Waals surface area contributed by atoms with Gasteiger partial charge in [-0.1, -0.05) is 35.9 Å². The predicted octanol–water partition coefficient (Wildman–Crippen LogP) is 2.24. The first-order valence-corrected chi connectivity index (χ1v) is 8.23. The molecule has 0 N–H and O–H groups in total. The predicted molar refractivity (Wildman–Crippen MR) is 94.6 cm³/mol. The number of dihydropyridines is 1. The van der Waals surface area contributed by atoms with Crippen molar-refractivity contribution < 1.29 is 4.79 Å². The van der Waals surface area contributed by atoms with Crippen molar-refractivity contribution in [3.8, 4) is 0 Å². The van der Waals surface area contributed by atoms with E-state index in [9.17, 15) is 4.79 Å². The van der Waals surface area contributed by atoms with E-state index in [-0.39, 0.29) is 5.91 Å². The lowest BCUT2D eigenvalue weighted by molar-refractivity contribution is -0.127. The molecule has 1 fully saturated rings. The molecule has 2 aliphatic heterocycles. The van der Waals surface area contributed by atoms with Crippen LogP contribution in [-0.4, -0.2) is 61.2 Å². The molecule has 120 valence electrons. The average molecular weight is 309 g/mol. The largest absolute Gasteiger partial charge is 0.337 e. The van der Waals surface area contributed by atoms with Gasteiger partial charge >= 0.3 is 0 Å². The number of amides is 1. The minimum Gasteiger partial charge on any atom is -0.337 e. The van der Waals surface area contributed by atoms with Gasteiger partial charge in [0, 0.05) is 51.6 Å². The summed E-state index contributed by atoms with van der Waals surface area (Å²) in [6.45, 7) is 5.42. The zero-order valence-corrected chi connectivity index (χ0v) is 13.4. The second-order valence-corrected chi connectivity index (χ2v) is 5.98. The van der Waals surface area contributed by atoms with Crippen LogP contribution in [0.3, 0.4) is 0 Å². The van der Waals surface area contributed by atoms with Crippen molar-refractivity contribution >= 4 is 18.2 Å². The molecule has 1 aromatic rings. The Morgan fingerprint density at radius 1 is 1.13 bits per heavy atom. The summed E-state index contributed by atoms with van der Waals surface area (Å²) in [6.07, 6.45) is 8.68. The summed E-state index contributed by atoms with van der Waals surface area (Å²) >= 11 is 0. The van der Waals surface area contributed by atoms with E-state index < -0.39 is 0 Å². The molecule has 0 aromatic heterocycles. The van der Waals surface area contributed by atoms with E-state index in [0.29, 0.717) is 0 Å². The van der Waals surface area contributed by atoms with Crippen molar-refractivity contribution in [2.24, 2.45) is 4.99 Å². The summed E-state index contributed by atoms with van der Waals surface area (Å²) in [4.78, 5) is 20.8. The first-order valence-electron chi connectivity index (χ1n) is 8.23. The SMILES string of the molecule is O=C(/C=C/c1ccccc1)N1CCN(CC2=CC=NCC2)CC1. The Labute approximate surface area is 137 Å². The van der Waals surface area contributed by atoms with Gasteiger partial charge in [-0.05, 0) is 24.1 Å². The fraction of sp³-hybridized carbons (Fsp3) is 0.368. The molecule has 23 heavy (non-hydrogen) atoms. The van der Waals surface area contributed by atoms with Crippen molar-refractivity contribution in [2.75, 3.05) is 39.3 Å². The molecule has 0 bridgehead atoms. The number of nitrogens with zero attached hydrogens (tertiary/aromatic N) is 3. The number of piperazine rings is 1. The lowest BCUT2D eigenvalue weighted by Crippen LogP contribution is -2.48. The molecule has 0 unspecified atom stereocenters. The molecule has 0 aliphatic carbocycles. The summed E-state index contributed by atoms with van der Waals surface area (Å²) in [5.74, 6) is 0.109. The Bertz CT molecular complexity index is 611. The third-order valence-corrected chi connectivity index (χ3v) is 4.31. The van der Waals surface area contributed by atoms with Gasteiger partial charge in [0.1, 0.15) is 0 Å². The lowest BCUT2D eigenvalue weighted by Gasteiger charge is -2.34. The zero-order chi connectivity index (χ0) is 15.9. The van der Waals surface area contributed by atoms with E-state index in [1.54, 1.807) is 6.08 Å². The fourth-order valence-corrected chi connectivity index (χ4v) is 2.91. The first kappa shape index (κ1) is 15.7. The molecule has 1 saturated heterocycles. The number of hydrogen-bond donors (Lipinski definition) is 0. The van der Waals surface area contributed by atoms with E-state index in [1.165, 1.54) is 5.57 Å². The molecule has 1 aromatic carbocycles. The third kappa shape index (κ3) is 4.63. The van der Waals surface area contributed by atoms with E-state index in [4.69, 9.17) is 0 Å². The second kappa shape index (κ2) is 7.88. The zero-order valence-electron chi connectivity index (χ0n) is 13.4. The minimum atomic E-state index is 0.109. The third-order valence-electron chi connectivity index (χ3n) is 4.31. The number of allylic oxidation sites excluding steroid dienone is 1. The van der Waals surface area contributed by atoms with Crippen LogP contribution in [-0.2, 0) is 4.79 Å². The molecule has 0 spiro atoms. The van der Waals surface area contributed by atoms with Crippen LogP contribution in [0.5, 0.6) is 0 Å². The number of carbonyl (C=O) groups is 1. The van der Waals surface area contributed by atoms with Gasteiger partial charge in [-0.3, -0.25) is 14.7 Å². The summed E-state index contributed by atoms with van der Waals surface area (Å²) < 4.78 is 0. The number of carbonyl (C=O) groups excluding carboxylic acids is 1. The van der Waals surface area contributed by atoms with Crippen LogP contribution < -0.4 is 0 Å². The fourth-order valence-electron chi connectivity index (χ4n) is 2.91. The van der Waals surface area contributed by atoms with Crippen LogP contribution in [0.2, 0.25) is 0 Å². The van der Waals surface area contributed by atoms with Gasteiger partial charge in [0.2, 0.25) is 5.91 Å². The normalized spacial score (nSPS) is 19.1. The Balaban J connectivity index is 1.46. The molecule has 2 aliphatic rings. The van der Waals surface area contributed by atoms with Crippen LogP contribution in [0.15, 0.2) is 53.0 Å². The molecule has 0 radical (unpaired) electrons. The molecule has 0 saturated carbocycles. The van der Waals surface area contributed by atoms with Gasteiger partial charge in [0.15, 0.2) is 0 Å². The maximum absolute atomic E-state index is 12.3. The van der Waals surface area contributed by atoms with Gasteiger partial charge < -0.3 is 4.90 Å². The Hall–Kier alpha value is -2.20. The summed E-state index contributed by atoms with van der Waals surface area (Å²) in [5, 5.41) is 0. The summed E-state index contributed by atoms with van der Waals surface area (Å²) in [6, 6.07) is 9.94. The van der Waals surface area contributed by atoms with Gasteiger partial charge in [0.05, 0.1) is 0 Å². The highest BCUT2D eigenvalue weighted by Gasteiger charge is 2.20. The van der Waals surface area contributed by atoms with Gasteiger partial charge in [-0.2, -0.15) is 0 Å². The highest BCUT2D eigenvalue weighted by Crippen LogP contribution is 2.11. The molecule has 2 heterocycles. The van der Waals surface area contributed by atoms with Crippen LogP contribution >= 0.6 is 0 Å². The first-order chi connectivity index (χ1) is 11.3. The topological polar surface area (TPSA) is 35.9 Å². The minimum absolute atomic E-state index is 0.109. The van der Waals surface area contributed by atoms with E-state index in [0.717, 1.165) is 51.3 Å². The van der Waals surface area contributed by atoms with Crippen LogP contribution in [0.1, 0.15) is 12.0 Å². The Kier molecular flexibility index (Phi) is 5.37. The molecule has 4 heteroatoms. The number of aliphatic imine (C=N–C) groups is 1. The number of benzene rings is 1. The summed E-state index contributed by atoms with van der Waals surface area (Å²) in [5.41, 5.74) is 2.51. The van der Waals surface area contributed by atoms with E-state index in [2.05, 4.69) is 16.0 Å². The average Bonchev–Trinajstić information content (AvgIpc) is 2.62. The van der Waals surface area contributed by atoms with Crippen molar-refractivity contribution in [1.29, 1.82) is 0 Å². The van der Waals surface area contributed by atoms with E-state index >= 15 is 0 Å². The van der Waals surface area contributed by atoms with Crippen LogP contribution in [0.25, 0.3) is 6.08 Å². The number of rotatable bonds is 4. The Morgan fingerprint density at radius 2 is 1.91 bits per heavy atom.